The fourth-order valence-corrected chi connectivity index (χ4v) is 1.67. The van der Waals surface area contributed by atoms with E-state index in [0.29, 0.717) is 0 Å². The zero-order valence-electron chi connectivity index (χ0n) is 7.08. The molecule has 74 valence electrons. The first-order valence-electron chi connectivity index (χ1n) is 3.84. The predicted molar refractivity (Wildman–Crippen MR) is 63.8 cm³/mol. The molecular formula is C9H7Cl3OSi. The van der Waals surface area contributed by atoms with Crippen molar-refractivity contribution in [3.05, 3.63) is 42.0 Å². The lowest BCUT2D eigenvalue weighted by atomic mass is 10.2. The molecule has 5 heteroatoms. The van der Waals surface area contributed by atoms with Gasteiger partial charge in [-0.05, 0) is 11.6 Å². The van der Waals surface area contributed by atoms with Crippen molar-refractivity contribution >= 4 is 50.7 Å². The van der Waals surface area contributed by atoms with Gasteiger partial charge in [0, 0.05) is 0 Å². The van der Waals surface area contributed by atoms with Crippen molar-refractivity contribution in [2.45, 2.75) is 0 Å². The standard InChI is InChI=1S/C9H7Cl3OSi/c10-14(11,12)9(13)7-6-8-4-2-1-3-5-8/h1-7H/b7-6+. The number of carbonyl (C=O) groups excluding carboxylic acids is 1. The van der Waals surface area contributed by atoms with Gasteiger partial charge in [0.25, 0.3) is 0 Å². The van der Waals surface area contributed by atoms with Crippen LogP contribution in [0.5, 0.6) is 0 Å². The molecule has 0 atom stereocenters. The minimum absolute atomic E-state index is 0.411. The highest BCUT2D eigenvalue weighted by molar-refractivity contribution is 7.75. The summed E-state index contributed by atoms with van der Waals surface area (Å²) in [4.78, 5) is 11.2. The maximum Gasteiger partial charge on any atom is 0.415 e. The summed E-state index contributed by atoms with van der Waals surface area (Å²) >= 11 is 16.6. The summed E-state index contributed by atoms with van der Waals surface area (Å²) < 4.78 is 0. The van der Waals surface area contributed by atoms with Gasteiger partial charge in [0.15, 0.2) is 5.41 Å². The Labute approximate surface area is 97.4 Å². The van der Waals surface area contributed by atoms with Gasteiger partial charge in [-0.2, -0.15) is 0 Å². The second kappa shape index (κ2) is 4.98. The largest absolute Gasteiger partial charge is 0.415 e. The number of benzene rings is 1. The van der Waals surface area contributed by atoms with Crippen molar-refractivity contribution in [3.63, 3.8) is 0 Å². The third kappa shape index (κ3) is 3.84. The molecule has 0 saturated heterocycles. The van der Waals surface area contributed by atoms with Crippen LogP contribution in [-0.2, 0) is 4.79 Å². The van der Waals surface area contributed by atoms with Crippen LogP contribution in [0.4, 0.5) is 0 Å². The van der Waals surface area contributed by atoms with E-state index in [1.54, 1.807) is 6.08 Å². The summed E-state index contributed by atoms with van der Waals surface area (Å²) in [5.41, 5.74) is 0.907. The summed E-state index contributed by atoms with van der Waals surface area (Å²) in [7, 11) is 0. The maximum atomic E-state index is 11.2. The van der Waals surface area contributed by atoms with Gasteiger partial charge in [0.2, 0.25) is 0 Å². The SMILES string of the molecule is O=C(/C=C/c1ccccc1)[Si](Cl)(Cl)Cl. The fraction of sp³-hybridized carbons (Fsp3) is 0. The first kappa shape index (κ1) is 11.8. The van der Waals surface area contributed by atoms with Crippen LogP contribution < -0.4 is 0 Å². The molecule has 14 heavy (non-hydrogen) atoms. The Hall–Kier alpha value is -0.283. The lowest BCUT2D eigenvalue weighted by Crippen LogP contribution is -2.22. The molecule has 1 nitrogen and oxygen atoms in total. The third-order valence-corrected chi connectivity index (χ3v) is 3.91. The Morgan fingerprint density at radius 2 is 1.71 bits per heavy atom. The minimum Gasteiger partial charge on any atom is -0.296 e. The monoisotopic (exact) mass is 264 g/mol. The van der Waals surface area contributed by atoms with Crippen molar-refractivity contribution in [3.8, 4) is 0 Å². The van der Waals surface area contributed by atoms with Gasteiger partial charge in [-0.25, -0.2) is 0 Å². The van der Waals surface area contributed by atoms with Gasteiger partial charge < -0.3 is 0 Å². The zero-order valence-corrected chi connectivity index (χ0v) is 10.4. The van der Waals surface area contributed by atoms with Crippen LogP contribution in [0.15, 0.2) is 36.4 Å². The normalized spacial score (nSPS) is 11.9. The molecule has 0 amide bonds. The van der Waals surface area contributed by atoms with Crippen molar-refractivity contribution in [2.24, 2.45) is 0 Å². The Morgan fingerprint density at radius 1 is 1.14 bits per heavy atom. The van der Waals surface area contributed by atoms with E-state index in [4.69, 9.17) is 33.2 Å². The van der Waals surface area contributed by atoms with Gasteiger partial charge in [-0.3, -0.25) is 4.79 Å². The Morgan fingerprint density at radius 3 is 2.21 bits per heavy atom. The van der Waals surface area contributed by atoms with Gasteiger partial charge >= 0.3 is 6.00 Å². The zero-order chi connectivity index (χ0) is 10.6. The van der Waals surface area contributed by atoms with E-state index in [2.05, 4.69) is 0 Å². The molecule has 1 rings (SSSR count). The van der Waals surface area contributed by atoms with E-state index in [1.807, 2.05) is 30.3 Å². The number of carbonyl (C=O) groups is 1. The number of halogens is 3. The fourth-order valence-electron chi connectivity index (χ4n) is 0.831. The highest BCUT2D eigenvalue weighted by Crippen LogP contribution is 2.21. The number of hydrogen-bond donors (Lipinski definition) is 0. The molecule has 0 aliphatic rings. The van der Waals surface area contributed by atoms with Crippen LogP contribution >= 0.6 is 33.2 Å². The molecular weight excluding hydrogens is 259 g/mol. The Kier molecular flexibility index (Phi) is 4.20. The lowest BCUT2D eigenvalue weighted by molar-refractivity contribution is -0.108. The first-order valence-corrected chi connectivity index (χ1v) is 8.88. The van der Waals surface area contributed by atoms with Crippen LogP contribution in [0.1, 0.15) is 5.56 Å². The second-order valence-corrected chi connectivity index (χ2v) is 10.9. The molecule has 0 heterocycles. The molecule has 0 aromatic heterocycles. The summed E-state index contributed by atoms with van der Waals surface area (Å²) in [6, 6.07) is 6.14. The number of allylic oxidation sites excluding steroid dienone is 1. The minimum atomic E-state index is -3.22. The third-order valence-electron chi connectivity index (χ3n) is 1.51. The predicted octanol–water partition coefficient (Wildman–Crippen LogP) is 3.46. The smallest absolute Gasteiger partial charge is 0.296 e. The first-order chi connectivity index (χ1) is 6.50. The molecule has 1 aromatic carbocycles. The van der Waals surface area contributed by atoms with Crippen molar-refractivity contribution in [1.82, 2.24) is 0 Å². The van der Waals surface area contributed by atoms with E-state index < -0.39 is 11.4 Å². The molecule has 0 aliphatic carbocycles. The average molecular weight is 266 g/mol. The summed E-state index contributed by atoms with van der Waals surface area (Å²) in [5, 5.41) is -0.411. The van der Waals surface area contributed by atoms with Gasteiger partial charge in [0.1, 0.15) is 0 Å². The van der Waals surface area contributed by atoms with Crippen LogP contribution in [0, 0.1) is 0 Å². The molecule has 0 radical (unpaired) electrons. The quantitative estimate of drug-likeness (QED) is 0.465. The van der Waals surface area contributed by atoms with Gasteiger partial charge in [0.05, 0.1) is 0 Å². The molecule has 0 fully saturated rings. The molecule has 1 aromatic rings. The lowest BCUT2D eigenvalue weighted by Gasteiger charge is -2.00. The van der Waals surface area contributed by atoms with Crippen molar-refractivity contribution < 1.29 is 4.79 Å². The average Bonchev–Trinajstić information content (AvgIpc) is 2.14. The van der Waals surface area contributed by atoms with Crippen LogP contribution in [0.2, 0.25) is 0 Å². The van der Waals surface area contributed by atoms with Crippen molar-refractivity contribution in [2.75, 3.05) is 0 Å². The molecule has 0 N–H and O–H groups in total. The van der Waals surface area contributed by atoms with Crippen LogP contribution in [0.25, 0.3) is 6.08 Å². The highest BCUT2D eigenvalue weighted by Gasteiger charge is 2.33. The topological polar surface area (TPSA) is 17.1 Å². The van der Waals surface area contributed by atoms with E-state index in [-0.39, 0.29) is 0 Å². The Balaban J connectivity index is 2.71. The molecule has 0 bridgehead atoms. The van der Waals surface area contributed by atoms with E-state index in [0.717, 1.165) is 5.56 Å². The number of rotatable bonds is 3. The highest BCUT2D eigenvalue weighted by atomic mass is 35.8. The van der Waals surface area contributed by atoms with E-state index in [1.165, 1.54) is 6.08 Å². The molecule has 0 aliphatic heterocycles. The van der Waals surface area contributed by atoms with Gasteiger partial charge in [-0.1, -0.05) is 36.4 Å². The summed E-state index contributed by atoms with van der Waals surface area (Å²) in [6.45, 7) is 0. The molecule has 0 unspecified atom stereocenters. The van der Waals surface area contributed by atoms with E-state index in [9.17, 15) is 4.79 Å². The van der Waals surface area contributed by atoms with Crippen molar-refractivity contribution in [1.29, 1.82) is 0 Å². The number of hydrogen-bond acceptors (Lipinski definition) is 1. The molecule has 0 saturated carbocycles. The summed E-state index contributed by atoms with van der Waals surface area (Å²) in [6.07, 6.45) is 2.95. The maximum absolute atomic E-state index is 11.2. The Bertz CT molecular complexity index is 343. The second-order valence-electron chi connectivity index (χ2n) is 2.61. The van der Waals surface area contributed by atoms with Crippen LogP contribution in [0.3, 0.4) is 0 Å². The van der Waals surface area contributed by atoms with E-state index >= 15 is 0 Å². The van der Waals surface area contributed by atoms with Gasteiger partial charge in [-0.15, -0.1) is 33.2 Å². The van der Waals surface area contributed by atoms with Crippen LogP contribution in [-0.4, -0.2) is 11.4 Å². The molecule has 0 spiro atoms. The summed E-state index contributed by atoms with van der Waals surface area (Å²) in [5.74, 6) is 0.